The summed E-state index contributed by atoms with van der Waals surface area (Å²) in [6.45, 7) is 6.92. The summed E-state index contributed by atoms with van der Waals surface area (Å²) in [4.78, 5) is 1.51. The van der Waals surface area contributed by atoms with Crippen LogP contribution in [0.2, 0.25) is 0 Å². The Hall–Kier alpha value is -0.340. The first-order valence-corrected chi connectivity index (χ1v) is 8.36. The third-order valence-electron chi connectivity index (χ3n) is 4.41. The molecule has 18 heavy (non-hydrogen) atoms. The minimum atomic E-state index is 0.503. The lowest BCUT2D eigenvalue weighted by molar-refractivity contribution is 0.317. The zero-order valence-electron chi connectivity index (χ0n) is 12.0. The molecule has 2 heteroatoms. The fraction of sp³-hybridized carbons (Fsp3) is 0.750. The van der Waals surface area contributed by atoms with Crippen molar-refractivity contribution in [2.24, 2.45) is 5.92 Å². The van der Waals surface area contributed by atoms with E-state index < -0.39 is 0 Å². The molecule has 1 aromatic rings. The summed E-state index contributed by atoms with van der Waals surface area (Å²) >= 11 is 1.89. The molecule has 0 aliphatic heterocycles. The molecular weight excluding hydrogens is 238 g/mol. The van der Waals surface area contributed by atoms with Gasteiger partial charge in [0, 0.05) is 17.0 Å². The van der Waals surface area contributed by atoms with E-state index in [-0.39, 0.29) is 0 Å². The van der Waals surface area contributed by atoms with E-state index in [2.05, 4.69) is 37.5 Å². The van der Waals surface area contributed by atoms with Crippen LogP contribution in [-0.4, -0.2) is 6.04 Å². The number of thiophene rings is 1. The predicted octanol–water partition coefficient (Wildman–Crippen LogP) is 5.07. The Labute approximate surface area is 116 Å². The SMILES string of the molecule is Cc1ccsc1C(C)N[C@H](C)C1CCCCCC1. The maximum absolute atomic E-state index is 3.83. The number of aryl methyl sites for hydroxylation is 1. The summed E-state index contributed by atoms with van der Waals surface area (Å²) in [6.07, 6.45) is 8.60. The molecule has 102 valence electrons. The van der Waals surface area contributed by atoms with E-state index in [4.69, 9.17) is 0 Å². The van der Waals surface area contributed by atoms with Crippen LogP contribution in [0.5, 0.6) is 0 Å². The quantitative estimate of drug-likeness (QED) is 0.750. The number of rotatable bonds is 4. The lowest BCUT2D eigenvalue weighted by Gasteiger charge is -2.27. The Bertz CT molecular complexity index is 350. The maximum Gasteiger partial charge on any atom is 0.0390 e. The van der Waals surface area contributed by atoms with E-state index in [9.17, 15) is 0 Å². The Kier molecular flexibility index (Phi) is 5.25. The first-order chi connectivity index (χ1) is 8.68. The van der Waals surface area contributed by atoms with E-state index in [0.717, 1.165) is 5.92 Å². The molecule has 1 aliphatic carbocycles. The van der Waals surface area contributed by atoms with Crippen molar-refractivity contribution >= 4 is 11.3 Å². The summed E-state index contributed by atoms with van der Waals surface area (Å²) in [7, 11) is 0. The first-order valence-electron chi connectivity index (χ1n) is 7.48. The van der Waals surface area contributed by atoms with Crippen LogP contribution in [0.25, 0.3) is 0 Å². The lowest BCUT2D eigenvalue weighted by Crippen LogP contribution is -2.35. The highest BCUT2D eigenvalue weighted by Crippen LogP contribution is 2.28. The van der Waals surface area contributed by atoms with Gasteiger partial charge in [-0.15, -0.1) is 11.3 Å². The molecule has 0 radical (unpaired) electrons. The zero-order valence-corrected chi connectivity index (χ0v) is 12.9. The topological polar surface area (TPSA) is 12.0 Å². The van der Waals surface area contributed by atoms with Crippen molar-refractivity contribution in [2.75, 3.05) is 0 Å². The molecule has 0 aromatic carbocycles. The number of nitrogens with one attached hydrogen (secondary N) is 1. The van der Waals surface area contributed by atoms with Crippen LogP contribution >= 0.6 is 11.3 Å². The molecule has 2 rings (SSSR count). The molecule has 1 aliphatic rings. The second-order valence-electron chi connectivity index (χ2n) is 5.90. The van der Waals surface area contributed by atoms with Gasteiger partial charge in [-0.05, 0) is 56.5 Å². The normalized spacial score (nSPS) is 21.5. The molecule has 0 amide bonds. The van der Waals surface area contributed by atoms with Gasteiger partial charge in [-0.3, -0.25) is 0 Å². The molecule has 0 spiro atoms. The van der Waals surface area contributed by atoms with Crippen molar-refractivity contribution in [3.63, 3.8) is 0 Å². The van der Waals surface area contributed by atoms with Gasteiger partial charge < -0.3 is 5.32 Å². The second-order valence-corrected chi connectivity index (χ2v) is 6.84. The average molecular weight is 265 g/mol. The van der Waals surface area contributed by atoms with Crippen molar-refractivity contribution < 1.29 is 0 Å². The number of hydrogen-bond acceptors (Lipinski definition) is 2. The van der Waals surface area contributed by atoms with Crippen molar-refractivity contribution in [3.8, 4) is 0 Å². The minimum Gasteiger partial charge on any atom is -0.307 e. The van der Waals surface area contributed by atoms with Crippen LogP contribution in [0.3, 0.4) is 0 Å². The summed E-state index contributed by atoms with van der Waals surface area (Å²) in [5.41, 5.74) is 1.44. The van der Waals surface area contributed by atoms with Crippen molar-refractivity contribution in [3.05, 3.63) is 21.9 Å². The molecule has 1 nitrogen and oxygen atoms in total. The van der Waals surface area contributed by atoms with Gasteiger partial charge in [0.15, 0.2) is 0 Å². The summed E-state index contributed by atoms with van der Waals surface area (Å²) in [6, 6.07) is 3.39. The third-order valence-corrected chi connectivity index (χ3v) is 5.62. The molecule has 1 unspecified atom stereocenters. The second kappa shape index (κ2) is 6.72. The molecule has 0 saturated heterocycles. The highest BCUT2D eigenvalue weighted by atomic mass is 32.1. The van der Waals surface area contributed by atoms with E-state index in [0.29, 0.717) is 12.1 Å². The van der Waals surface area contributed by atoms with Crippen LogP contribution in [0.1, 0.15) is 68.9 Å². The average Bonchev–Trinajstić information content (AvgIpc) is 2.63. The largest absolute Gasteiger partial charge is 0.307 e. The summed E-state index contributed by atoms with van der Waals surface area (Å²) in [5.74, 6) is 0.884. The fourth-order valence-electron chi connectivity index (χ4n) is 3.25. The Balaban J connectivity index is 1.90. The molecule has 1 N–H and O–H groups in total. The molecule has 1 heterocycles. The minimum absolute atomic E-state index is 0.503. The van der Waals surface area contributed by atoms with Crippen molar-refractivity contribution in [1.82, 2.24) is 5.32 Å². The van der Waals surface area contributed by atoms with Gasteiger partial charge in [0.25, 0.3) is 0 Å². The van der Waals surface area contributed by atoms with Gasteiger partial charge in [0.2, 0.25) is 0 Å². The monoisotopic (exact) mass is 265 g/mol. The zero-order chi connectivity index (χ0) is 13.0. The molecular formula is C16H27NS. The van der Waals surface area contributed by atoms with Crippen LogP contribution in [0.15, 0.2) is 11.4 Å². The van der Waals surface area contributed by atoms with Gasteiger partial charge in [-0.1, -0.05) is 25.7 Å². The van der Waals surface area contributed by atoms with E-state index in [1.54, 1.807) is 0 Å². The summed E-state index contributed by atoms with van der Waals surface area (Å²) in [5, 5.41) is 6.04. The highest BCUT2D eigenvalue weighted by molar-refractivity contribution is 7.10. The van der Waals surface area contributed by atoms with Crippen molar-refractivity contribution in [2.45, 2.75) is 71.4 Å². The fourth-order valence-corrected chi connectivity index (χ4v) is 4.19. The van der Waals surface area contributed by atoms with Crippen LogP contribution in [0, 0.1) is 12.8 Å². The predicted molar refractivity (Wildman–Crippen MR) is 81.3 cm³/mol. The van der Waals surface area contributed by atoms with Crippen LogP contribution in [0.4, 0.5) is 0 Å². The first kappa shape index (κ1) is 14.1. The van der Waals surface area contributed by atoms with E-state index >= 15 is 0 Å². The molecule has 2 atom stereocenters. The molecule has 0 bridgehead atoms. The van der Waals surface area contributed by atoms with Gasteiger partial charge in [0.1, 0.15) is 0 Å². The smallest absolute Gasteiger partial charge is 0.0390 e. The maximum atomic E-state index is 3.83. The molecule has 1 aromatic heterocycles. The van der Waals surface area contributed by atoms with Gasteiger partial charge in [-0.2, -0.15) is 0 Å². The van der Waals surface area contributed by atoms with E-state index in [1.165, 1.54) is 49.0 Å². The Morgan fingerprint density at radius 2 is 1.83 bits per heavy atom. The van der Waals surface area contributed by atoms with Crippen molar-refractivity contribution in [1.29, 1.82) is 0 Å². The van der Waals surface area contributed by atoms with Gasteiger partial charge in [-0.25, -0.2) is 0 Å². The lowest BCUT2D eigenvalue weighted by atomic mass is 9.92. The Morgan fingerprint density at radius 1 is 1.17 bits per heavy atom. The molecule has 1 saturated carbocycles. The standard InChI is InChI=1S/C16H27NS/c1-12-10-11-18-16(12)14(3)17-13(2)15-8-6-4-5-7-9-15/h10-11,13-15,17H,4-9H2,1-3H3/t13-,14?/m1/s1. The molecule has 1 fully saturated rings. The summed E-state index contributed by atoms with van der Waals surface area (Å²) < 4.78 is 0. The Morgan fingerprint density at radius 3 is 2.39 bits per heavy atom. The van der Waals surface area contributed by atoms with Gasteiger partial charge >= 0.3 is 0 Å². The van der Waals surface area contributed by atoms with Gasteiger partial charge in [0.05, 0.1) is 0 Å². The van der Waals surface area contributed by atoms with Crippen LogP contribution < -0.4 is 5.32 Å². The highest BCUT2D eigenvalue weighted by Gasteiger charge is 2.21. The van der Waals surface area contributed by atoms with Crippen LogP contribution in [-0.2, 0) is 0 Å². The number of hydrogen-bond donors (Lipinski definition) is 1. The van der Waals surface area contributed by atoms with E-state index in [1.807, 2.05) is 11.3 Å². The third kappa shape index (κ3) is 3.58.